The number of thiazole rings is 1. The third kappa shape index (κ3) is 2.01. The Hall–Kier alpha value is -1.09. The van der Waals surface area contributed by atoms with Gasteiger partial charge in [0.1, 0.15) is 0 Å². The molecule has 0 aliphatic heterocycles. The maximum Gasteiger partial charge on any atom is 0.184 e. The van der Waals surface area contributed by atoms with Crippen molar-refractivity contribution in [3.05, 3.63) is 23.8 Å². The Morgan fingerprint density at radius 3 is 2.61 bits per heavy atom. The summed E-state index contributed by atoms with van der Waals surface area (Å²) in [6.07, 6.45) is 5.66. The molecule has 0 amide bonds. The molecule has 0 bridgehead atoms. The summed E-state index contributed by atoms with van der Waals surface area (Å²) in [5, 5.41) is 4.84. The minimum Gasteiger partial charge on any atom is -0.358 e. The van der Waals surface area contributed by atoms with Crippen molar-refractivity contribution in [1.29, 1.82) is 0 Å². The highest BCUT2D eigenvalue weighted by Crippen LogP contribution is 2.46. The Balaban J connectivity index is 1.61. The van der Waals surface area contributed by atoms with E-state index in [9.17, 15) is 0 Å². The van der Waals surface area contributed by atoms with Gasteiger partial charge in [-0.05, 0) is 62.1 Å². The molecule has 0 atom stereocenters. The Morgan fingerprint density at radius 2 is 1.94 bits per heavy atom. The number of nitrogens with one attached hydrogen (secondary N) is 1. The lowest BCUT2D eigenvalue weighted by Gasteiger charge is -2.16. The summed E-state index contributed by atoms with van der Waals surface area (Å²) in [4.78, 5) is 4.74. The molecule has 0 unspecified atom stereocenters. The van der Waals surface area contributed by atoms with Crippen LogP contribution in [-0.2, 0) is 0 Å². The summed E-state index contributed by atoms with van der Waals surface area (Å²) < 4.78 is 1.30. The molecule has 2 fully saturated rings. The molecule has 2 aromatic rings. The third-order valence-corrected chi connectivity index (χ3v) is 5.06. The van der Waals surface area contributed by atoms with Gasteiger partial charge >= 0.3 is 0 Å². The Labute approximate surface area is 111 Å². The summed E-state index contributed by atoms with van der Waals surface area (Å²) in [6, 6.07) is 7.24. The fourth-order valence-corrected chi connectivity index (χ4v) is 3.67. The van der Waals surface area contributed by atoms with Gasteiger partial charge in [0.25, 0.3) is 0 Å². The molecule has 94 valence electrons. The number of anilines is 1. The Bertz CT molecular complexity index is 569. The lowest BCUT2D eigenvalue weighted by molar-refractivity contribution is 0.567. The van der Waals surface area contributed by atoms with E-state index >= 15 is 0 Å². The lowest BCUT2D eigenvalue weighted by Crippen LogP contribution is -2.23. The van der Waals surface area contributed by atoms with E-state index in [-0.39, 0.29) is 0 Å². The van der Waals surface area contributed by atoms with Crippen LogP contribution in [0.15, 0.2) is 18.2 Å². The molecular formula is C15H18N2S. The maximum atomic E-state index is 4.74. The van der Waals surface area contributed by atoms with Gasteiger partial charge in [0.15, 0.2) is 5.13 Å². The zero-order chi connectivity index (χ0) is 12.1. The van der Waals surface area contributed by atoms with Crippen LogP contribution in [-0.4, -0.2) is 11.0 Å². The van der Waals surface area contributed by atoms with Gasteiger partial charge in [-0.3, -0.25) is 0 Å². The second-order valence-corrected chi connectivity index (χ2v) is 6.87. The van der Waals surface area contributed by atoms with Crippen LogP contribution in [0.25, 0.3) is 10.2 Å². The van der Waals surface area contributed by atoms with Crippen molar-refractivity contribution >= 4 is 26.7 Å². The summed E-state index contributed by atoms with van der Waals surface area (Å²) in [5.41, 5.74) is 2.44. The fourth-order valence-electron chi connectivity index (χ4n) is 2.77. The number of fused-ring (bicyclic) bond motifs is 1. The largest absolute Gasteiger partial charge is 0.358 e. The van der Waals surface area contributed by atoms with E-state index in [1.807, 2.05) is 0 Å². The fraction of sp³-hybridized carbons (Fsp3) is 0.533. The van der Waals surface area contributed by atoms with Crippen molar-refractivity contribution in [3.63, 3.8) is 0 Å². The molecule has 0 saturated heterocycles. The molecule has 0 spiro atoms. The van der Waals surface area contributed by atoms with Crippen LogP contribution in [0.5, 0.6) is 0 Å². The smallest absolute Gasteiger partial charge is 0.184 e. The van der Waals surface area contributed by atoms with E-state index in [0.29, 0.717) is 6.04 Å². The van der Waals surface area contributed by atoms with E-state index in [0.717, 1.165) is 22.5 Å². The van der Waals surface area contributed by atoms with Crippen molar-refractivity contribution in [2.75, 3.05) is 5.32 Å². The molecule has 3 heteroatoms. The van der Waals surface area contributed by atoms with E-state index in [1.54, 1.807) is 11.3 Å². The quantitative estimate of drug-likeness (QED) is 0.888. The highest BCUT2D eigenvalue weighted by Gasteiger charge is 2.41. The topological polar surface area (TPSA) is 24.9 Å². The summed E-state index contributed by atoms with van der Waals surface area (Å²) in [7, 11) is 0. The highest BCUT2D eigenvalue weighted by atomic mass is 32.1. The van der Waals surface area contributed by atoms with Crippen LogP contribution in [0.3, 0.4) is 0 Å². The van der Waals surface area contributed by atoms with Crippen LogP contribution in [0.1, 0.15) is 31.2 Å². The van der Waals surface area contributed by atoms with Crippen molar-refractivity contribution in [2.45, 2.75) is 38.6 Å². The van der Waals surface area contributed by atoms with Gasteiger partial charge in [-0.2, -0.15) is 0 Å². The first-order chi connectivity index (χ1) is 8.79. The van der Waals surface area contributed by atoms with E-state index in [4.69, 9.17) is 4.98 Å². The minimum atomic E-state index is 0.701. The molecule has 1 heterocycles. The first-order valence-corrected chi connectivity index (χ1v) is 7.75. The molecule has 1 aromatic carbocycles. The summed E-state index contributed by atoms with van der Waals surface area (Å²) in [5.74, 6) is 1.84. The van der Waals surface area contributed by atoms with Crippen LogP contribution in [0.4, 0.5) is 5.13 Å². The second-order valence-electron chi connectivity index (χ2n) is 5.84. The number of rotatable bonds is 4. The number of aryl methyl sites for hydroxylation is 1. The molecule has 18 heavy (non-hydrogen) atoms. The second kappa shape index (κ2) is 3.95. The average molecular weight is 258 g/mol. The minimum absolute atomic E-state index is 0.701. The molecule has 2 aliphatic carbocycles. The van der Waals surface area contributed by atoms with E-state index in [1.165, 1.54) is 35.9 Å². The number of hydrogen-bond acceptors (Lipinski definition) is 3. The summed E-state index contributed by atoms with van der Waals surface area (Å²) >= 11 is 1.80. The third-order valence-electron chi connectivity index (χ3n) is 4.09. The van der Waals surface area contributed by atoms with Gasteiger partial charge in [-0.1, -0.05) is 17.4 Å². The zero-order valence-corrected chi connectivity index (χ0v) is 11.5. The van der Waals surface area contributed by atoms with Gasteiger partial charge in [-0.25, -0.2) is 4.98 Å². The van der Waals surface area contributed by atoms with E-state index in [2.05, 4.69) is 30.4 Å². The zero-order valence-electron chi connectivity index (χ0n) is 10.6. The normalized spacial score (nSPS) is 19.7. The van der Waals surface area contributed by atoms with Crippen LogP contribution in [0, 0.1) is 18.8 Å². The number of hydrogen-bond donors (Lipinski definition) is 1. The monoisotopic (exact) mass is 258 g/mol. The first kappa shape index (κ1) is 10.8. The van der Waals surface area contributed by atoms with Gasteiger partial charge < -0.3 is 5.32 Å². The SMILES string of the molecule is Cc1ccc2sc(NC(C3CC3)C3CC3)nc2c1. The molecule has 1 aromatic heterocycles. The van der Waals surface area contributed by atoms with Gasteiger partial charge in [0.2, 0.25) is 0 Å². The van der Waals surface area contributed by atoms with Crippen LogP contribution < -0.4 is 5.32 Å². The predicted molar refractivity (Wildman–Crippen MR) is 77.2 cm³/mol. The molecule has 2 nitrogen and oxygen atoms in total. The van der Waals surface area contributed by atoms with Crippen molar-refractivity contribution in [1.82, 2.24) is 4.98 Å². The molecule has 2 aliphatic rings. The van der Waals surface area contributed by atoms with Gasteiger partial charge in [0, 0.05) is 6.04 Å². The number of aromatic nitrogens is 1. The molecule has 4 rings (SSSR count). The van der Waals surface area contributed by atoms with Crippen molar-refractivity contribution in [2.24, 2.45) is 11.8 Å². The standard InChI is InChI=1S/C15H18N2S/c1-9-2-7-13-12(8-9)16-15(18-13)17-14(10-3-4-10)11-5-6-11/h2,7-8,10-11,14H,3-6H2,1H3,(H,16,17). The molecular weight excluding hydrogens is 240 g/mol. The van der Waals surface area contributed by atoms with Crippen molar-refractivity contribution in [3.8, 4) is 0 Å². The number of nitrogens with zero attached hydrogens (tertiary/aromatic N) is 1. The molecule has 1 N–H and O–H groups in total. The molecule has 0 radical (unpaired) electrons. The summed E-state index contributed by atoms with van der Waals surface area (Å²) in [6.45, 7) is 2.13. The Morgan fingerprint density at radius 1 is 1.22 bits per heavy atom. The van der Waals surface area contributed by atoms with E-state index < -0.39 is 0 Å². The highest BCUT2D eigenvalue weighted by molar-refractivity contribution is 7.22. The van der Waals surface area contributed by atoms with Crippen LogP contribution in [0.2, 0.25) is 0 Å². The number of benzene rings is 1. The predicted octanol–water partition coefficient (Wildman–Crippen LogP) is 4.21. The van der Waals surface area contributed by atoms with Gasteiger partial charge in [0.05, 0.1) is 10.2 Å². The van der Waals surface area contributed by atoms with Crippen LogP contribution >= 0.6 is 11.3 Å². The average Bonchev–Trinajstić information content (AvgIpc) is 3.23. The molecule has 2 saturated carbocycles. The maximum absolute atomic E-state index is 4.74. The Kier molecular flexibility index (Phi) is 2.37. The first-order valence-electron chi connectivity index (χ1n) is 6.93. The lowest BCUT2D eigenvalue weighted by atomic mass is 10.1. The van der Waals surface area contributed by atoms with Crippen molar-refractivity contribution < 1.29 is 0 Å². The van der Waals surface area contributed by atoms with Gasteiger partial charge in [-0.15, -0.1) is 0 Å².